The smallest absolute Gasteiger partial charge is 0.310 e. The highest BCUT2D eigenvalue weighted by Gasteiger charge is 2.50. The second-order valence-electron chi connectivity index (χ2n) is 3.73. The molecule has 1 aliphatic carbocycles. The first-order valence-electron chi connectivity index (χ1n) is 4.46. The highest BCUT2D eigenvalue weighted by Crippen LogP contribution is 2.48. The van der Waals surface area contributed by atoms with Crippen molar-refractivity contribution < 1.29 is 14.3 Å². The first-order chi connectivity index (χ1) is 6.62. The molecule has 3 nitrogen and oxygen atoms in total. The Morgan fingerprint density at radius 3 is 2.86 bits per heavy atom. The SMILES string of the molecule is O=C(O)C1(Cc2cc(F)ccn2)CC1. The third kappa shape index (κ3) is 1.60. The topological polar surface area (TPSA) is 50.2 Å². The quantitative estimate of drug-likeness (QED) is 0.797. The summed E-state index contributed by atoms with van der Waals surface area (Å²) in [6.07, 6.45) is 3.03. The number of carbonyl (C=O) groups is 1. The summed E-state index contributed by atoms with van der Waals surface area (Å²) < 4.78 is 12.8. The van der Waals surface area contributed by atoms with Gasteiger partial charge in [0.2, 0.25) is 0 Å². The zero-order valence-corrected chi connectivity index (χ0v) is 7.53. The van der Waals surface area contributed by atoms with E-state index < -0.39 is 11.4 Å². The van der Waals surface area contributed by atoms with E-state index in [2.05, 4.69) is 4.98 Å². The molecule has 0 radical (unpaired) electrons. The van der Waals surface area contributed by atoms with E-state index in [9.17, 15) is 9.18 Å². The molecule has 0 spiro atoms. The van der Waals surface area contributed by atoms with Crippen molar-refractivity contribution >= 4 is 5.97 Å². The summed E-state index contributed by atoms with van der Waals surface area (Å²) in [4.78, 5) is 14.8. The maximum absolute atomic E-state index is 12.8. The largest absolute Gasteiger partial charge is 0.481 e. The van der Waals surface area contributed by atoms with E-state index in [-0.39, 0.29) is 5.82 Å². The molecular weight excluding hydrogens is 185 g/mol. The normalized spacial score (nSPS) is 17.8. The van der Waals surface area contributed by atoms with E-state index in [1.54, 1.807) is 0 Å². The van der Waals surface area contributed by atoms with Crippen LogP contribution in [-0.2, 0) is 11.2 Å². The summed E-state index contributed by atoms with van der Waals surface area (Å²) in [5.74, 6) is -1.17. The van der Waals surface area contributed by atoms with Gasteiger partial charge in [-0.3, -0.25) is 9.78 Å². The monoisotopic (exact) mass is 195 g/mol. The molecule has 14 heavy (non-hydrogen) atoms. The number of hydrogen-bond acceptors (Lipinski definition) is 2. The molecule has 0 bridgehead atoms. The highest BCUT2D eigenvalue weighted by molar-refractivity contribution is 5.78. The van der Waals surface area contributed by atoms with Gasteiger partial charge in [-0.05, 0) is 25.0 Å². The molecule has 1 N–H and O–H groups in total. The Balaban J connectivity index is 2.15. The first kappa shape index (κ1) is 9.12. The van der Waals surface area contributed by atoms with Crippen LogP contribution < -0.4 is 0 Å². The molecule has 0 aromatic carbocycles. The number of nitrogens with zero attached hydrogens (tertiary/aromatic N) is 1. The number of pyridine rings is 1. The van der Waals surface area contributed by atoms with Gasteiger partial charge in [0.25, 0.3) is 0 Å². The van der Waals surface area contributed by atoms with Gasteiger partial charge in [0.1, 0.15) is 5.82 Å². The van der Waals surface area contributed by atoms with E-state index in [0.29, 0.717) is 25.0 Å². The molecule has 1 fully saturated rings. The molecule has 0 amide bonds. The fourth-order valence-corrected chi connectivity index (χ4v) is 1.51. The van der Waals surface area contributed by atoms with Crippen molar-refractivity contribution in [2.24, 2.45) is 5.41 Å². The summed E-state index contributed by atoms with van der Waals surface area (Å²) in [6, 6.07) is 2.55. The minimum atomic E-state index is -0.802. The van der Waals surface area contributed by atoms with Crippen molar-refractivity contribution in [3.05, 3.63) is 29.8 Å². The summed E-state index contributed by atoms with van der Waals surface area (Å²) in [5.41, 5.74) is -0.147. The lowest BCUT2D eigenvalue weighted by atomic mass is 10.0. The minimum absolute atomic E-state index is 0.333. The standard InChI is InChI=1S/C10H10FNO2/c11-7-1-4-12-8(5-7)6-10(2-3-10)9(13)14/h1,4-5H,2-3,6H2,(H,13,14). The van der Waals surface area contributed by atoms with Crippen LogP contribution in [0.2, 0.25) is 0 Å². The number of carboxylic acids is 1. The zero-order valence-electron chi connectivity index (χ0n) is 7.53. The number of halogens is 1. The molecule has 0 unspecified atom stereocenters. The van der Waals surface area contributed by atoms with Crippen molar-refractivity contribution in [2.45, 2.75) is 19.3 Å². The van der Waals surface area contributed by atoms with Crippen LogP contribution in [0.4, 0.5) is 4.39 Å². The Morgan fingerprint density at radius 2 is 2.36 bits per heavy atom. The van der Waals surface area contributed by atoms with Gasteiger partial charge in [0, 0.05) is 18.3 Å². The van der Waals surface area contributed by atoms with Gasteiger partial charge in [0.05, 0.1) is 5.41 Å². The van der Waals surface area contributed by atoms with Gasteiger partial charge >= 0.3 is 5.97 Å². The summed E-state index contributed by atoms with van der Waals surface area (Å²) >= 11 is 0. The number of aliphatic carboxylic acids is 1. The van der Waals surface area contributed by atoms with Gasteiger partial charge in [-0.25, -0.2) is 4.39 Å². The van der Waals surface area contributed by atoms with Crippen LogP contribution in [0.3, 0.4) is 0 Å². The predicted molar refractivity (Wildman–Crippen MR) is 47.2 cm³/mol. The molecule has 1 saturated carbocycles. The zero-order chi connectivity index (χ0) is 10.2. The number of rotatable bonds is 3. The second kappa shape index (κ2) is 3.04. The summed E-state index contributed by atoms with van der Waals surface area (Å²) in [6.45, 7) is 0. The third-order valence-corrected chi connectivity index (χ3v) is 2.61. The molecule has 1 aromatic rings. The highest BCUT2D eigenvalue weighted by atomic mass is 19.1. The van der Waals surface area contributed by atoms with Gasteiger partial charge in [-0.1, -0.05) is 0 Å². The average Bonchev–Trinajstić information content (AvgIpc) is 2.85. The molecule has 1 heterocycles. The van der Waals surface area contributed by atoms with Crippen LogP contribution >= 0.6 is 0 Å². The molecule has 4 heteroatoms. The Labute approximate surface area is 80.6 Å². The minimum Gasteiger partial charge on any atom is -0.481 e. The van der Waals surface area contributed by atoms with E-state index in [1.165, 1.54) is 18.3 Å². The van der Waals surface area contributed by atoms with Gasteiger partial charge in [0.15, 0.2) is 0 Å². The van der Waals surface area contributed by atoms with Crippen LogP contribution in [-0.4, -0.2) is 16.1 Å². The van der Waals surface area contributed by atoms with Crippen molar-refractivity contribution in [3.63, 3.8) is 0 Å². The number of carboxylic acid groups (broad SMARTS) is 1. The van der Waals surface area contributed by atoms with Crippen molar-refractivity contribution in [3.8, 4) is 0 Å². The van der Waals surface area contributed by atoms with Gasteiger partial charge in [-0.2, -0.15) is 0 Å². The van der Waals surface area contributed by atoms with Crippen molar-refractivity contribution in [1.82, 2.24) is 4.98 Å². The molecule has 1 aromatic heterocycles. The molecule has 74 valence electrons. The maximum atomic E-state index is 12.8. The Kier molecular flexibility index (Phi) is 1.98. The Hall–Kier alpha value is -1.45. The molecule has 0 atom stereocenters. The van der Waals surface area contributed by atoms with Crippen molar-refractivity contribution in [2.75, 3.05) is 0 Å². The van der Waals surface area contributed by atoms with Gasteiger partial charge < -0.3 is 5.11 Å². The molecular formula is C10H10FNO2. The Morgan fingerprint density at radius 1 is 1.64 bits per heavy atom. The van der Waals surface area contributed by atoms with Crippen molar-refractivity contribution in [1.29, 1.82) is 0 Å². The van der Waals surface area contributed by atoms with E-state index in [4.69, 9.17) is 5.11 Å². The van der Waals surface area contributed by atoms with E-state index in [0.717, 1.165) is 0 Å². The molecule has 0 saturated heterocycles. The first-order valence-corrected chi connectivity index (χ1v) is 4.46. The fraction of sp³-hybridized carbons (Fsp3) is 0.400. The van der Waals surface area contributed by atoms with Crippen LogP contribution in [0.5, 0.6) is 0 Å². The lowest BCUT2D eigenvalue weighted by molar-refractivity contribution is -0.143. The van der Waals surface area contributed by atoms with Crippen LogP contribution in [0, 0.1) is 11.2 Å². The summed E-state index contributed by atoms with van der Waals surface area (Å²) in [5, 5.41) is 8.91. The summed E-state index contributed by atoms with van der Waals surface area (Å²) in [7, 11) is 0. The number of aromatic nitrogens is 1. The molecule has 0 aliphatic heterocycles. The lowest BCUT2D eigenvalue weighted by Gasteiger charge is -2.07. The predicted octanol–water partition coefficient (Wildman–Crippen LogP) is 1.63. The van der Waals surface area contributed by atoms with Crippen LogP contribution in [0.15, 0.2) is 18.3 Å². The maximum Gasteiger partial charge on any atom is 0.310 e. The third-order valence-electron chi connectivity index (χ3n) is 2.61. The Bertz CT molecular complexity index is 374. The van der Waals surface area contributed by atoms with E-state index in [1.807, 2.05) is 0 Å². The fourth-order valence-electron chi connectivity index (χ4n) is 1.51. The number of hydrogen-bond donors (Lipinski definition) is 1. The van der Waals surface area contributed by atoms with Gasteiger partial charge in [-0.15, -0.1) is 0 Å². The van der Waals surface area contributed by atoms with E-state index >= 15 is 0 Å². The lowest BCUT2D eigenvalue weighted by Crippen LogP contribution is -2.18. The molecule has 2 rings (SSSR count). The van der Waals surface area contributed by atoms with Crippen LogP contribution in [0.1, 0.15) is 18.5 Å². The second-order valence-corrected chi connectivity index (χ2v) is 3.73. The average molecular weight is 195 g/mol. The molecule has 1 aliphatic rings. The van der Waals surface area contributed by atoms with Crippen LogP contribution in [0.25, 0.3) is 0 Å².